The summed E-state index contributed by atoms with van der Waals surface area (Å²) in [7, 11) is 4.07. The molecule has 0 bridgehead atoms. The monoisotopic (exact) mass is 150 g/mol. The van der Waals surface area contributed by atoms with Gasteiger partial charge in [0.15, 0.2) is 5.26 Å². The number of hydrogen-bond acceptors (Lipinski definition) is 2. The lowest BCUT2D eigenvalue weighted by Crippen LogP contribution is -2.29. The second-order valence-corrected chi connectivity index (χ2v) is 2.80. The van der Waals surface area contributed by atoms with E-state index in [9.17, 15) is 0 Å². The Hall–Kier alpha value is -1.14. The Morgan fingerprint density at radius 2 is 2.36 bits per heavy atom. The van der Waals surface area contributed by atoms with E-state index in [2.05, 4.69) is 4.90 Å². The standard InChI is InChI=1S/C8H12N3/c1-10(2)8-3-5-11(7-9)6-4-8/h3,5-6,8H,4H2,1-2H3/q+1. The molecule has 3 nitrogen and oxygen atoms in total. The average Bonchev–Trinajstić information content (AvgIpc) is 2.05. The Kier molecular flexibility index (Phi) is 2.40. The molecular weight excluding hydrogens is 138 g/mol. The highest BCUT2D eigenvalue weighted by Crippen LogP contribution is 2.03. The summed E-state index contributed by atoms with van der Waals surface area (Å²) >= 11 is 0. The number of hydrogen-bond donors (Lipinski definition) is 0. The molecule has 0 aromatic carbocycles. The number of nitriles is 1. The lowest BCUT2D eigenvalue weighted by molar-refractivity contribution is -0.356. The van der Waals surface area contributed by atoms with Gasteiger partial charge in [-0.3, -0.25) is 0 Å². The van der Waals surface area contributed by atoms with Crippen molar-refractivity contribution in [3.63, 3.8) is 0 Å². The molecule has 1 unspecified atom stereocenters. The molecule has 0 spiro atoms. The lowest BCUT2D eigenvalue weighted by Gasteiger charge is -2.19. The van der Waals surface area contributed by atoms with Crippen molar-refractivity contribution in [2.24, 2.45) is 0 Å². The molecular formula is C8H12N3+. The molecule has 11 heavy (non-hydrogen) atoms. The van der Waals surface area contributed by atoms with Crippen molar-refractivity contribution < 1.29 is 4.58 Å². The summed E-state index contributed by atoms with van der Waals surface area (Å²) < 4.78 is 1.53. The van der Waals surface area contributed by atoms with Gasteiger partial charge in [0, 0.05) is 12.5 Å². The second-order valence-electron chi connectivity index (χ2n) is 2.80. The van der Waals surface area contributed by atoms with Gasteiger partial charge in [-0.25, -0.2) is 0 Å². The molecule has 0 saturated heterocycles. The van der Waals surface area contributed by atoms with Crippen molar-refractivity contribution in [2.45, 2.75) is 12.5 Å². The molecule has 0 amide bonds. The van der Waals surface area contributed by atoms with Crippen molar-refractivity contribution in [1.29, 1.82) is 5.26 Å². The normalized spacial score (nSPS) is 23.1. The van der Waals surface area contributed by atoms with Gasteiger partial charge in [-0.2, -0.15) is 4.58 Å². The zero-order valence-corrected chi connectivity index (χ0v) is 6.86. The maximum Gasteiger partial charge on any atom is 0.463 e. The van der Waals surface area contributed by atoms with Crippen LogP contribution in [0.1, 0.15) is 6.42 Å². The Bertz CT molecular complexity index is 232. The van der Waals surface area contributed by atoms with Gasteiger partial charge in [0.2, 0.25) is 0 Å². The third-order valence-corrected chi connectivity index (χ3v) is 1.79. The molecule has 3 heteroatoms. The van der Waals surface area contributed by atoms with Crippen molar-refractivity contribution >= 4 is 6.21 Å². The first kappa shape index (κ1) is 7.96. The van der Waals surface area contributed by atoms with E-state index < -0.39 is 0 Å². The van der Waals surface area contributed by atoms with Crippen LogP contribution in [0.25, 0.3) is 0 Å². The highest BCUT2D eigenvalue weighted by molar-refractivity contribution is 5.54. The molecule has 1 aliphatic rings. The quantitative estimate of drug-likeness (QED) is 0.400. The first-order valence-corrected chi connectivity index (χ1v) is 3.60. The number of likely N-dealkylation sites (N-methyl/N-ethyl adjacent to an activating group) is 1. The predicted molar refractivity (Wildman–Crippen MR) is 43.2 cm³/mol. The maximum atomic E-state index is 8.50. The summed E-state index contributed by atoms with van der Waals surface area (Å²) in [6.45, 7) is 0. The van der Waals surface area contributed by atoms with Crippen LogP contribution >= 0.6 is 0 Å². The molecule has 58 valence electrons. The fourth-order valence-corrected chi connectivity index (χ4v) is 1.01. The van der Waals surface area contributed by atoms with Crippen molar-refractivity contribution in [3.05, 3.63) is 12.3 Å². The Balaban J connectivity index is 2.59. The van der Waals surface area contributed by atoms with E-state index in [1.807, 2.05) is 32.6 Å². The molecule has 0 aliphatic carbocycles. The average molecular weight is 150 g/mol. The van der Waals surface area contributed by atoms with Crippen LogP contribution in [0.5, 0.6) is 0 Å². The second kappa shape index (κ2) is 3.31. The number of nitrogens with zero attached hydrogens (tertiary/aromatic N) is 3. The largest absolute Gasteiger partial charge is 0.463 e. The summed E-state index contributed by atoms with van der Waals surface area (Å²) in [5.74, 6) is 0. The number of rotatable bonds is 1. The van der Waals surface area contributed by atoms with E-state index >= 15 is 0 Å². The van der Waals surface area contributed by atoms with Crippen LogP contribution in [-0.4, -0.2) is 35.8 Å². The van der Waals surface area contributed by atoms with Gasteiger partial charge in [-0.05, 0) is 20.2 Å². The molecule has 0 N–H and O–H groups in total. The minimum atomic E-state index is 0.444. The molecule has 0 fully saturated rings. The van der Waals surface area contributed by atoms with Gasteiger partial charge in [0.1, 0.15) is 6.20 Å². The van der Waals surface area contributed by atoms with Gasteiger partial charge in [-0.1, -0.05) is 0 Å². The Labute approximate surface area is 66.9 Å². The van der Waals surface area contributed by atoms with Crippen LogP contribution in [0.3, 0.4) is 0 Å². The summed E-state index contributed by atoms with van der Waals surface area (Å²) in [5, 5.41) is 8.50. The van der Waals surface area contributed by atoms with Crippen molar-refractivity contribution in [1.82, 2.24) is 4.90 Å². The van der Waals surface area contributed by atoms with Gasteiger partial charge in [0.25, 0.3) is 0 Å². The van der Waals surface area contributed by atoms with E-state index in [1.165, 1.54) is 4.58 Å². The lowest BCUT2D eigenvalue weighted by atomic mass is 10.2. The fraction of sp³-hybridized carbons (Fsp3) is 0.500. The van der Waals surface area contributed by atoms with E-state index in [0.29, 0.717) is 6.04 Å². The molecule has 0 radical (unpaired) electrons. The molecule has 0 aromatic heterocycles. The zero-order valence-electron chi connectivity index (χ0n) is 6.86. The summed E-state index contributed by atoms with van der Waals surface area (Å²) in [4.78, 5) is 2.13. The van der Waals surface area contributed by atoms with Gasteiger partial charge >= 0.3 is 6.19 Å². The summed E-state index contributed by atoms with van der Waals surface area (Å²) in [6, 6.07) is 0.444. The fourth-order valence-electron chi connectivity index (χ4n) is 1.01. The molecule has 1 atom stereocenters. The maximum absolute atomic E-state index is 8.50. The topological polar surface area (TPSA) is 30.0 Å². The third kappa shape index (κ3) is 1.89. The Morgan fingerprint density at radius 1 is 1.64 bits per heavy atom. The van der Waals surface area contributed by atoms with Crippen molar-refractivity contribution in [3.8, 4) is 6.19 Å². The first-order valence-electron chi connectivity index (χ1n) is 3.60. The highest BCUT2D eigenvalue weighted by atomic mass is 15.1. The molecule has 0 aromatic rings. The summed E-state index contributed by atoms with van der Waals surface area (Å²) in [6.07, 6.45) is 8.67. The third-order valence-electron chi connectivity index (χ3n) is 1.79. The highest BCUT2D eigenvalue weighted by Gasteiger charge is 2.12. The van der Waals surface area contributed by atoms with Crippen LogP contribution in [0.2, 0.25) is 0 Å². The molecule has 1 aliphatic heterocycles. The smallest absolute Gasteiger partial charge is 0.302 e. The predicted octanol–water partition coefficient (Wildman–Crippen LogP) is 0.398. The van der Waals surface area contributed by atoms with Gasteiger partial charge < -0.3 is 4.90 Å². The van der Waals surface area contributed by atoms with Crippen LogP contribution < -0.4 is 0 Å². The van der Waals surface area contributed by atoms with Gasteiger partial charge in [-0.15, -0.1) is 0 Å². The SMILES string of the molecule is CN(C)C1C=C[N+](C#N)=CC1. The van der Waals surface area contributed by atoms with Crippen LogP contribution in [-0.2, 0) is 0 Å². The minimum absolute atomic E-state index is 0.444. The minimum Gasteiger partial charge on any atom is -0.302 e. The van der Waals surface area contributed by atoms with E-state index in [0.717, 1.165) is 6.42 Å². The summed E-state index contributed by atoms with van der Waals surface area (Å²) in [5.41, 5.74) is 0. The van der Waals surface area contributed by atoms with Crippen LogP contribution in [0, 0.1) is 11.5 Å². The molecule has 0 saturated carbocycles. The van der Waals surface area contributed by atoms with Crippen LogP contribution in [0.4, 0.5) is 0 Å². The van der Waals surface area contributed by atoms with Crippen molar-refractivity contribution in [2.75, 3.05) is 14.1 Å². The van der Waals surface area contributed by atoms with Crippen LogP contribution in [0.15, 0.2) is 12.3 Å². The Morgan fingerprint density at radius 3 is 2.73 bits per heavy atom. The zero-order chi connectivity index (χ0) is 8.27. The molecule has 1 rings (SSSR count). The first-order chi connectivity index (χ1) is 5.24. The molecule has 1 heterocycles. The van der Waals surface area contributed by atoms with E-state index in [4.69, 9.17) is 5.26 Å². The van der Waals surface area contributed by atoms with Gasteiger partial charge in [0.05, 0.1) is 6.21 Å². The van der Waals surface area contributed by atoms with E-state index in [1.54, 1.807) is 6.20 Å². The van der Waals surface area contributed by atoms with E-state index in [-0.39, 0.29) is 0 Å².